The number of aromatic amines is 1. The molecule has 10 nitrogen and oxygen atoms in total. The minimum Gasteiger partial charge on any atom is -0.403 e. The van der Waals surface area contributed by atoms with Gasteiger partial charge < -0.3 is 31.8 Å². The molecule has 0 amide bonds. The van der Waals surface area contributed by atoms with E-state index in [1.165, 1.54) is 22.9 Å². The summed E-state index contributed by atoms with van der Waals surface area (Å²) in [6, 6.07) is 11.1. The molecule has 8 N–H and O–H groups in total. The fraction of sp³-hybridized carbons (Fsp3) is 0.344. The molecule has 2 heterocycles. The quantitative estimate of drug-likeness (QED) is 0.0489. The predicted molar refractivity (Wildman–Crippen MR) is 170 cm³/mol. The van der Waals surface area contributed by atoms with Crippen LogP contribution in [0.4, 0.5) is 17.6 Å². The van der Waals surface area contributed by atoms with Crippen molar-refractivity contribution in [2.75, 3.05) is 0 Å². The molecule has 2 aromatic carbocycles. The van der Waals surface area contributed by atoms with E-state index >= 15 is 4.39 Å². The van der Waals surface area contributed by atoms with Crippen LogP contribution in [0.5, 0.6) is 5.75 Å². The van der Waals surface area contributed by atoms with Crippen LogP contribution >= 0.6 is 0 Å². The van der Waals surface area contributed by atoms with Crippen molar-refractivity contribution in [1.82, 2.24) is 25.2 Å². The lowest BCUT2D eigenvalue weighted by Gasteiger charge is -2.20. The average molecular weight is 643 g/mol. The number of aromatic nitrogens is 3. The van der Waals surface area contributed by atoms with Gasteiger partial charge >= 0.3 is 12.1 Å². The first kappa shape index (κ1) is 34.2. The predicted octanol–water partition coefficient (Wildman–Crippen LogP) is 4.99. The highest BCUT2D eigenvalue weighted by atomic mass is 19.4. The highest BCUT2D eigenvalue weighted by Crippen LogP contribution is 2.35. The number of ether oxygens (including phenoxy) is 1. The van der Waals surface area contributed by atoms with Crippen LogP contribution in [0.25, 0.3) is 28.0 Å². The van der Waals surface area contributed by atoms with Gasteiger partial charge in [0, 0.05) is 41.8 Å². The second-order valence-corrected chi connectivity index (χ2v) is 11.3. The summed E-state index contributed by atoms with van der Waals surface area (Å²) in [6.45, 7) is 8.15. The molecule has 0 bridgehead atoms. The number of halogens is 4. The Hall–Kier alpha value is -4.69. The molecule has 0 aliphatic carbocycles. The molecule has 0 radical (unpaired) electrons. The number of nitrogens with zero attached hydrogens (tertiary/aromatic N) is 2. The molecule has 46 heavy (non-hydrogen) atoms. The fourth-order valence-corrected chi connectivity index (χ4v) is 5.09. The molecule has 0 aliphatic heterocycles. The van der Waals surface area contributed by atoms with E-state index in [4.69, 9.17) is 16.9 Å². The van der Waals surface area contributed by atoms with E-state index in [0.29, 0.717) is 48.9 Å². The molecule has 246 valence electrons. The Morgan fingerprint density at radius 1 is 1.20 bits per heavy atom. The van der Waals surface area contributed by atoms with Crippen molar-refractivity contribution >= 4 is 17.0 Å². The lowest BCUT2D eigenvalue weighted by atomic mass is 10.0. The molecule has 3 atom stereocenters. The van der Waals surface area contributed by atoms with Gasteiger partial charge in [0.05, 0.1) is 11.4 Å². The van der Waals surface area contributed by atoms with Gasteiger partial charge in [0.1, 0.15) is 5.65 Å². The summed E-state index contributed by atoms with van der Waals surface area (Å²) in [7, 11) is 0. The summed E-state index contributed by atoms with van der Waals surface area (Å²) in [5.41, 5.74) is 12.7. The Bertz CT molecular complexity index is 1730. The van der Waals surface area contributed by atoms with Crippen molar-refractivity contribution in [2.24, 2.45) is 11.5 Å². The normalized spacial score (nSPS) is 13.7. The van der Waals surface area contributed by atoms with Crippen molar-refractivity contribution in [3.8, 4) is 22.7 Å². The Morgan fingerprint density at radius 2 is 1.91 bits per heavy atom. The number of nitrogens with two attached hydrogens (primary N) is 2. The van der Waals surface area contributed by atoms with E-state index in [2.05, 4.69) is 31.9 Å². The number of guanidine groups is 1. The van der Waals surface area contributed by atoms with Crippen LogP contribution in [0.2, 0.25) is 0 Å². The summed E-state index contributed by atoms with van der Waals surface area (Å²) in [5, 5.41) is 14.1. The van der Waals surface area contributed by atoms with Crippen molar-refractivity contribution in [2.45, 2.75) is 70.6 Å². The van der Waals surface area contributed by atoms with E-state index < -0.39 is 23.6 Å². The Balaban J connectivity index is 1.56. The maximum atomic E-state index is 15.4. The molecule has 0 saturated heterocycles. The molecule has 14 heteroatoms. The first-order chi connectivity index (χ1) is 21.7. The highest BCUT2D eigenvalue weighted by Gasteiger charge is 2.33. The molecular weight excluding hydrogens is 604 g/mol. The van der Waals surface area contributed by atoms with Crippen LogP contribution in [-0.4, -0.2) is 45.0 Å². The lowest BCUT2D eigenvalue weighted by Crippen LogP contribution is -2.41. The number of nitrogens with one attached hydrogen (secondary N) is 4. The third-order valence-electron chi connectivity index (χ3n) is 7.35. The molecule has 4 aromatic rings. The first-order valence-electron chi connectivity index (χ1n) is 14.7. The Labute approximate surface area is 263 Å². The van der Waals surface area contributed by atoms with Crippen LogP contribution < -0.4 is 32.5 Å². The molecule has 2 aromatic heterocycles. The van der Waals surface area contributed by atoms with Crippen LogP contribution in [0.3, 0.4) is 0 Å². The number of fused-ring (bicyclic) bond motifs is 1. The minimum absolute atomic E-state index is 0.0859. The van der Waals surface area contributed by atoms with Crippen molar-refractivity contribution in [3.63, 3.8) is 0 Å². The zero-order chi connectivity index (χ0) is 33.6. The van der Waals surface area contributed by atoms with E-state index in [9.17, 15) is 18.0 Å². The zero-order valence-electron chi connectivity index (χ0n) is 25.5. The number of alkyl halides is 3. The number of H-pyrrole nitrogens is 1. The first-order valence-corrected chi connectivity index (χ1v) is 14.7. The molecule has 0 saturated carbocycles. The third kappa shape index (κ3) is 9.17. The van der Waals surface area contributed by atoms with Gasteiger partial charge in [-0.3, -0.25) is 9.98 Å². The average Bonchev–Trinajstić information content (AvgIpc) is 3.38. The summed E-state index contributed by atoms with van der Waals surface area (Å²) in [5.74, 6) is -2.26. The Morgan fingerprint density at radius 3 is 2.54 bits per heavy atom. The summed E-state index contributed by atoms with van der Waals surface area (Å²) >= 11 is 0. The molecule has 0 spiro atoms. The van der Waals surface area contributed by atoms with Gasteiger partial charge in [0.25, 0.3) is 0 Å². The number of benzene rings is 2. The van der Waals surface area contributed by atoms with E-state index in [0.717, 1.165) is 11.6 Å². The van der Waals surface area contributed by atoms with Gasteiger partial charge in [0.2, 0.25) is 0 Å². The number of aryl methyl sites for hydroxylation is 1. The summed E-state index contributed by atoms with van der Waals surface area (Å²) in [4.78, 5) is 19.9. The third-order valence-corrected chi connectivity index (χ3v) is 7.35. The van der Waals surface area contributed by atoms with E-state index in [1.54, 1.807) is 18.2 Å². The summed E-state index contributed by atoms with van der Waals surface area (Å²) in [6.07, 6.45) is 0.404. The largest absolute Gasteiger partial charge is 0.573 e. The van der Waals surface area contributed by atoms with Crippen LogP contribution in [0.15, 0.2) is 66.1 Å². The monoisotopic (exact) mass is 642 g/mol. The standard InChI is InChI=1S/C32H38F4N8O2/c1-4-23(41-30(38)39)12-19(3)40-16-20-8-10-24(11-9-20)44-17-22-15-26(42-29(22)43-31(44)45)25-13-21(7-5-6-18(2)37)14-27(28(25)33)46-32(34,35)36/h4,8-11,13-15,17-19,23,40H,1,5-7,12,16,37H2,2-3H3,(H4,38,39,41)(H,42,43,45)/t18-,19-,23+/m0/s1. The number of hydrogen-bond donors (Lipinski definition) is 6. The van der Waals surface area contributed by atoms with Crippen LogP contribution in [-0.2, 0) is 13.0 Å². The van der Waals surface area contributed by atoms with E-state index in [-0.39, 0.29) is 41.0 Å². The number of rotatable bonds is 14. The van der Waals surface area contributed by atoms with Gasteiger partial charge in [-0.15, -0.1) is 19.8 Å². The lowest BCUT2D eigenvalue weighted by molar-refractivity contribution is -0.275. The second-order valence-electron chi connectivity index (χ2n) is 11.3. The minimum atomic E-state index is -5.08. The fourth-order valence-electron chi connectivity index (χ4n) is 5.09. The van der Waals surface area contributed by atoms with Gasteiger partial charge in [-0.2, -0.15) is 4.98 Å². The topological polar surface area (TPSA) is 160 Å². The smallest absolute Gasteiger partial charge is 0.403 e. The van der Waals surface area contributed by atoms with Crippen molar-refractivity contribution in [1.29, 1.82) is 5.41 Å². The number of hydrogen-bond acceptors (Lipinski definition) is 6. The van der Waals surface area contributed by atoms with Crippen molar-refractivity contribution < 1.29 is 22.3 Å². The Kier molecular flexibility index (Phi) is 10.9. The van der Waals surface area contributed by atoms with Gasteiger partial charge in [-0.1, -0.05) is 18.2 Å². The molecular formula is C32H38F4N8O2. The van der Waals surface area contributed by atoms with Gasteiger partial charge in [-0.05, 0) is 81.0 Å². The highest BCUT2D eigenvalue weighted by molar-refractivity contribution is 5.83. The molecule has 0 fully saturated rings. The van der Waals surface area contributed by atoms with Gasteiger partial charge in [0.15, 0.2) is 17.5 Å². The van der Waals surface area contributed by atoms with Gasteiger partial charge in [-0.25, -0.2) is 9.18 Å². The summed E-state index contributed by atoms with van der Waals surface area (Å²) < 4.78 is 60.0. The van der Waals surface area contributed by atoms with Crippen LogP contribution in [0, 0.1) is 11.2 Å². The van der Waals surface area contributed by atoms with Crippen LogP contribution in [0.1, 0.15) is 44.2 Å². The maximum absolute atomic E-state index is 15.4. The molecule has 0 aliphatic rings. The van der Waals surface area contributed by atoms with Crippen molar-refractivity contribution in [3.05, 3.63) is 88.7 Å². The molecule has 4 rings (SSSR count). The SMILES string of the molecule is C=C[C@H](C[C@H](C)NCc1ccc(-n2cc3cc(-c4cc(CCC[C@H](C)N)cc(OC(F)(F)F)c4F)[nH]c3nc2=O)cc1)NC(=N)N. The molecule has 0 unspecified atom stereocenters. The zero-order valence-corrected chi connectivity index (χ0v) is 25.5. The second kappa shape index (κ2) is 14.6. The van der Waals surface area contributed by atoms with E-state index in [1.807, 2.05) is 26.0 Å². The maximum Gasteiger partial charge on any atom is 0.573 e.